The average Bonchev–Trinajstić information content (AvgIpc) is 3.31. The maximum atomic E-state index is 11.4. The molecule has 14 heteroatoms. The van der Waals surface area contributed by atoms with Crippen molar-refractivity contribution in [2.45, 2.75) is 62.0 Å². The summed E-state index contributed by atoms with van der Waals surface area (Å²) in [5, 5.41) is 62.7. The summed E-state index contributed by atoms with van der Waals surface area (Å²) < 4.78 is 34.1. The molecule has 218 valence electrons. The predicted octanol–water partition coefficient (Wildman–Crippen LogP) is -0.799. The standard InChI is InChI=1S/C26H31NO13/c1-10(28)8-27-9-36-14-6-5-13-16-20(39-21(13)22(14)35-2)12-4-3-11(7-15(12)38-25(16)34)37-26-19(31)17(29)18(30)23(40-26)24(32)33/h3-7,10,16-20,23,25-31,34H,8-9H2,1-2H3,(H,32,33)/t10-,16-,17-,18-,19+,20+,23-,25-,26-/m0/s1. The summed E-state index contributed by atoms with van der Waals surface area (Å²) in [7, 11) is 1.47. The van der Waals surface area contributed by atoms with E-state index in [0.717, 1.165) is 0 Å². The molecular formula is C26H31NO13. The van der Waals surface area contributed by atoms with E-state index in [0.29, 0.717) is 34.9 Å². The van der Waals surface area contributed by atoms with E-state index in [4.69, 9.17) is 28.4 Å². The van der Waals surface area contributed by atoms with Gasteiger partial charge in [-0.15, -0.1) is 0 Å². The van der Waals surface area contributed by atoms with Crippen LogP contribution in [0.3, 0.4) is 0 Å². The van der Waals surface area contributed by atoms with Crippen LogP contribution in [0, 0.1) is 0 Å². The van der Waals surface area contributed by atoms with E-state index >= 15 is 0 Å². The van der Waals surface area contributed by atoms with Gasteiger partial charge in [-0.25, -0.2) is 4.79 Å². The number of aliphatic hydroxyl groups is 5. The van der Waals surface area contributed by atoms with E-state index in [1.165, 1.54) is 19.2 Å². The number of aliphatic hydroxyl groups excluding tert-OH is 5. The molecule has 1 saturated heterocycles. The van der Waals surface area contributed by atoms with Crippen LogP contribution in [0.25, 0.3) is 0 Å². The molecule has 0 radical (unpaired) electrons. The fraction of sp³-hybridized carbons (Fsp3) is 0.500. The fourth-order valence-electron chi connectivity index (χ4n) is 4.98. The Morgan fingerprint density at radius 1 is 1.05 bits per heavy atom. The van der Waals surface area contributed by atoms with Crippen molar-refractivity contribution in [1.82, 2.24) is 5.32 Å². The second kappa shape index (κ2) is 11.2. The minimum Gasteiger partial charge on any atom is -0.490 e. The van der Waals surface area contributed by atoms with Gasteiger partial charge in [-0.1, -0.05) is 6.07 Å². The van der Waals surface area contributed by atoms with Gasteiger partial charge in [0.2, 0.25) is 18.3 Å². The molecule has 9 atom stereocenters. The maximum absolute atomic E-state index is 11.4. The lowest BCUT2D eigenvalue weighted by atomic mass is 9.88. The largest absolute Gasteiger partial charge is 0.490 e. The van der Waals surface area contributed by atoms with Gasteiger partial charge in [0.15, 0.2) is 17.6 Å². The number of rotatable bonds is 9. The van der Waals surface area contributed by atoms with Gasteiger partial charge in [0.1, 0.15) is 42.6 Å². The van der Waals surface area contributed by atoms with Gasteiger partial charge < -0.3 is 59.1 Å². The van der Waals surface area contributed by atoms with E-state index < -0.39 is 61.1 Å². The van der Waals surface area contributed by atoms with E-state index in [9.17, 15) is 35.4 Å². The minimum absolute atomic E-state index is 0.0784. The number of aliphatic carboxylic acids is 1. The molecule has 40 heavy (non-hydrogen) atoms. The van der Waals surface area contributed by atoms with Gasteiger partial charge >= 0.3 is 5.97 Å². The maximum Gasteiger partial charge on any atom is 0.335 e. The molecule has 1 fully saturated rings. The fourth-order valence-corrected chi connectivity index (χ4v) is 4.98. The second-order valence-electron chi connectivity index (χ2n) is 9.73. The third-order valence-corrected chi connectivity index (χ3v) is 6.92. The van der Waals surface area contributed by atoms with Gasteiger partial charge in [-0.3, -0.25) is 5.32 Å². The summed E-state index contributed by atoms with van der Waals surface area (Å²) in [5.41, 5.74) is 1.22. The van der Waals surface area contributed by atoms with Crippen molar-refractivity contribution in [2.75, 3.05) is 20.4 Å². The van der Waals surface area contributed by atoms with E-state index in [1.807, 2.05) is 0 Å². The zero-order valence-electron chi connectivity index (χ0n) is 21.5. The monoisotopic (exact) mass is 565 g/mol. The second-order valence-corrected chi connectivity index (χ2v) is 9.73. The summed E-state index contributed by atoms with van der Waals surface area (Å²) in [6.07, 6.45) is -11.3. The van der Waals surface area contributed by atoms with Crippen molar-refractivity contribution in [2.24, 2.45) is 0 Å². The summed E-state index contributed by atoms with van der Waals surface area (Å²) in [4.78, 5) is 11.4. The first-order chi connectivity index (χ1) is 19.1. The minimum atomic E-state index is -1.85. The summed E-state index contributed by atoms with van der Waals surface area (Å²) >= 11 is 0. The number of nitrogens with one attached hydrogen (secondary N) is 1. The van der Waals surface area contributed by atoms with Crippen LogP contribution in [0.5, 0.6) is 28.7 Å². The Hall–Kier alpha value is -3.37. The van der Waals surface area contributed by atoms with Crippen LogP contribution in [0.1, 0.15) is 30.1 Å². The Bertz CT molecular complexity index is 1240. The highest BCUT2D eigenvalue weighted by atomic mass is 16.7. The van der Waals surface area contributed by atoms with Gasteiger partial charge in [-0.05, 0) is 25.1 Å². The number of carboxylic acid groups (broad SMARTS) is 1. The molecule has 3 heterocycles. The highest BCUT2D eigenvalue weighted by Crippen LogP contribution is 2.57. The molecule has 14 nitrogen and oxygen atoms in total. The van der Waals surface area contributed by atoms with Crippen LogP contribution >= 0.6 is 0 Å². The Morgan fingerprint density at radius 2 is 1.80 bits per heavy atom. The summed E-state index contributed by atoms with van der Waals surface area (Å²) in [6.45, 7) is 2.11. The Kier molecular flexibility index (Phi) is 7.92. The third-order valence-electron chi connectivity index (χ3n) is 6.92. The quantitative estimate of drug-likeness (QED) is 0.147. The third kappa shape index (κ3) is 5.10. The first-order valence-electron chi connectivity index (χ1n) is 12.6. The molecule has 2 aromatic carbocycles. The molecule has 3 aliphatic heterocycles. The Labute approximate surface area is 228 Å². The van der Waals surface area contributed by atoms with Crippen molar-refractivity contribution >= 4 is 5.97 Å². The average molecular weight is 566 g/mol. The van der Waals surface area contributed by atoms with Crippen LogP contribution in [0.2, 0.25) is 0 Å². The first kappa shape index (κ1) is 28.2. The van der Waals surface area contributed by atoms with Crippen LogP contribution in [-0.4, -0.2) is 100 Å². The van der Waals surface area contributed by atoms with Crippen LogP contribution in [-0.2, 0) is 9.53 Å². The molecule has 0 aliphatic carbocycles. The van der Waals surface area contributed by atoms with E-state index in [1.54, 1.807) is 25.1 Å². The topological polar surface area (TPSA) is 206 Å². The number of carboxylic acids is 1. The van der Waals surface area contributed by atoms with Gasteiger partial charge in [0, 0.05) is 23.7 Å². The highest BCUT2D eigenvalue weighted by Gasteiger charge is 2.49. The molecule has 0 spiro atoms. The van der Waals surface area contributed by atoms with Crippen LogP contribution < -0.4 is 29.0 Å². The predicted molar refractivity (Wildman–Crippen MR) is 132 cm³/mol. The van der Waals surface area contributed by atoms with Gasteiger partial charge in [0.25, 0.3) is 0 Å². The van der Waals surface area contributed by atoms with E-state index in [2.05, 4.69) is 5.32 Å². The van der Waals surface area contributed by atoms with Gasteiger partial charge in [0.05, 0.1) is 19.1 Å². The van der Waals surface area contributed by atoms with Gasteiger partial charge in [-0.2, -0.15) is 0 Å². The molecule has 3 aliphatic rings. The molecule has 0 bridgehead atoms. The smallest absolute Gasteiger partial charge is 0.335 e. The number of ether oxygens (including phenoxy) is 6. The van der Waals surface area contributed by atoms with Crippen LogP contribution in [0.15, 0.2) is 30.3 Å². The molecule has 0 aromatic heterocycles. The molecule has 2 aromatic rings. The zero-order chi connectivity index (χ0) is 28.7. The molecule has 7 N–H and O–H groups in total. The first-order valence-corrected chi connectivity index (χ1v) is 12.6. The summed E-state index contributed by atoms with van der Waals surface area (Å²) in [5.74, 6) is -0.735. The van der Waals surface area contributed by atoms with Crippen molar-refractivity contribution < 1.29 is 63.9 Å². The van der Waals surface area contributed by atoms with E-state index in [-0.39, 0.29) is 18.2 Å². The SMILES string of the molecule is COc1c(OCNC[C@H](C)O)ccc2c1O[C@@H]1c3ccc(O[C@H]4O[C@H](C(=O)O)[C@@H](O)[C@H](O)[C@H]4O)cc3O[C@H](O)[C@@H]21. The molecule has 0 unspecified atom stereocenters. The number of hydrogen-bond acceptors (Lipinski definition) is 13. The lowest BCUT2D eigenvalue weighted by Crippen LogP contribution is -2.61. The Morgan fingerprint density at radius 3 is 2.50 bits per heavy atom. The molecule has 5 rings (SSSR count). The lowest BCUT2D eigenvalue weighted by Gasteiger charge is -2.38. The normalized spacial score (nSPS) is 31.1. The zero-order valence-corrected chi connectivity index (χ0v) is 21.5. The highest BCUT2D eigenvalue weighted by molar-refractivity contribution is 5.73. The number of benzene rings is 2. The Balaban J connectivity index is 1.36. The van der Waals surface area contributed by atoms with Crippen molar-refractivity contribution in [3.8, 4) is 28.7 Å². The molecule has 0 amide bonds. The number of methoxy groups -OCH3 is 1. The number of fused-ring (bicyclic) bond motifs is 5. The lowest BCUT2D eigenvalue weighted by molar-refractivity contribution is -0.271. The van der Waals surface area contributed by atoms with Crippen LogP contribution in [0.4, 0.5) is 0 Å². The van der Waals surface area contributed by atoms with Crippen molar-refractivity contribution in [3.05, 3.63) is 41.5 Å². The summed E-state index contributed by atoms with van der Waals surface area (Å²) in [6, 6.07) is 7.98. The molecule has 0 saturated carbocycles. The molecular weight excluding hydrogens is 534 g/mol. The van der Waals surface area contributed by atoms with Crippen molar-refractivity contribution in [3.63, 3.8) is 0 Å². The van der Waals surface area contributed by atoms with Crippen molar-refractivity contribution in [1.29, 1.82) is 0 Å². The number of carbonyl (C=O) groups is 1. The number of hydrogen-bond donors (Lipinski definition) is 7.